The number of phenolic OH excluding ortho intramolecular Hbond substituents is 4. The van der Waals surface area contributed by atoms with Crippen molar-refractivity contribution in [3.8, 4) is 28.7 Å². The number of para-hydroxylation sites is 1. The highest BCUT2D eigenvalue weighted by molar-refractivity contribution is 5.89. The van der Waals surface area contributed by atoms with Crippen LogP contribution in [-0.4, -0.2) is 68.3 Å². The van der Waals surface area contributed by atoms with Gasteiger partial charge in [-0.05, 0) is 48.1 Å². The Morgan fingerprint density at radius 2 is 1.81 bits per heavy atom. The van der Waals surface area contributed by atoms with Gasteiger partial charge < -0.3 is 44.7 Å². The van der Waals surface area contributed by atoms with Crippen LogP contribution in [0.4, 0.5) is 0 Å². The quantitative estimate of drug-likeness (QED) is 0.0684. The van der Waals surface area contributed by atoms with E-state index in [1.54, 1.807) is 6.07 Å². The monoisotopic (exact) mass is 656 g/mol. The first-order valence-corrected chi connectivity index (χ1v) is 16.3. The zero-order chi connectivity index (χ0) is 33.9. The molecule has 1 aromatic heterocycles. The lowest BCUT2D eigenvalue weighted by molar-refractivity contribution is -0.138. The molecule has 48 heavy (non-hydrogen) atoms. The van der Waals surface area contributed by atoms with E-state index in [1.807, 2.05) is 19.1 Å². The van der Waals surface area contributed by atoms with Crippen LogP contribution in [0.2, 0.25) is 0 Å². The molecule has 3 aliphatic heterocycles. The third-order valence-corrected chi connectivity index (χ3v) is 10.5. The Hall–Kier alpha value is -4.87. The molecule has 1 saturated heterocycles. The Bertz CT molecular complexity index is 1920. The molecule has 0 unspecified atom stereocenters. The summed E-state index contributed by atoms with van der Waals surface area (Å²) in [6.45, 7) is 2.70. The summed E-state index contributed by atoms with van der Waals surface area (Å²) in [6, 6.07) is 13.0. The molecule has 6 atom stereocenters. The maximum atomic E-state index is 13.3. The van der Waals surface area contributed by atoms with E-state index in [0.29, 0.717) is 41.6 Å². The molecule has 0 aliphatic carbocycles. The normalized spacial score (nSPS) is 25.5. The number of aliphatic hydroxyl groups excluding tert-OH is 1. The molecule has 252 valence electrons. The van der Waals surface area contributed by atoms with Crippen molar-refractivity contribution in [1.82, 2.24) is 9.88 Å². The van der Waals surface area contributed by atoms with Crippen LogP contribution in [0.5, 0.6) is 28.7 Å². The average molecular weight is 657 g/mol. The zero-order valence-electron chi connectivity index (χ0n) is 27.0. The van der Waals surface area contributed by atoms with Crippen LogP contribution in [-0.2, 0) is 27.1 Å². The van der Waals surface area contributed by atoms with Gasteiger partial charge in [-0.25, -0.2) is 4.79 Å². The fourth-order valence-corrected chi connectivity index (χ4v) is 8.42. The number of nitrogens with one attached hydrogen (secondary N) is 1. The SMILES string of the molecule is CC[C@@H]1[C@@H](/C(=C\OC)C(=O)OC)C[C@H]2c3[nH]c4ccccc4c3CCN2[C@H]1c1c(O)cc(O)c2c1O[C@H](c1ccc(O)c(O)c1)[C@H](O)C2. The van der Waals surface area contributed by atoms with Gasteiger partial charge in [-0.1, -0.05) is 37.6 Å². The number of aliphatic hydroxyl groups is 1. The number of aromatic nitrogens is 1. The van der Waals surface area contributed by atoms with Crippen LogP contribution in [0.15, 0.2) is 60.4 Å². The Labute approximate surface area is 277 Å². The van der Waals surface area contributed by atoms with Crippen LogP contribution < -0.4 is 4.74 Å². The first-order chi connectivity index (χ1) is 23.2. The summed E-state index contributed by atoms with van der Waals surface area (Å²) in [5.41, 5.74) is 4.91. The van der Waals surface area contributed by atoms with E-state index >= 15 is 0 Å². The minimum atomic E-state index is -1.10. The van der Waals surface area contributed by atoms with Gasteiger partial charge in [0.2, 0.25) is 0 Å². The number of rotatable bonds is 6. The number of benzene rings is 3. The van der Waals surface area contributed by atoms with Crippen LogP contribution in [0.1, 0.15) is 65.9 Å². The minimum absolute atomic E-state index is 0.0142. The van der Waals surface area contributed by atoms with Crippen molar-refractivity contribution >= 4 is 16.9 Å². The molecule has 4 aromatic rings. The molecule has 1 fully saturated rings. The number of aromatic hydroxyl groups is 4. The number of phenols is 4. The highest BCUT2D eigenvalue weighted by atomic mass is 16.5. The van der Waals surface area contributed by atoms with Crippen LogP contribution >= 0.6 is 0 Å². The number of carbonyl (C=O) groups excluding carboxylic acids is 1. The van der Waals surface area contributed by atoms with Crippen molar-refractivity contribution in [3.63, 3.8) is 0 Å². The van der Waals surface area contributed by atoms with Crippen molar-refractivity contribution < 1.29 is 44.5 Å². The third kappa shape index (κ3) is 5.00. The van der Waals surface area contributed by atoms with Gasteiger partial charge >= 0.3 is 5.97 Å². The average Bonchev–Trinajstić information content (AvgIpc) is 3.47. The zero-order valence-corrected chi connectivity index (χ0v) is 27.0. The summed E-state index contributed by atoms with van der Waals surface area (Å²) >= 11 is 0. The second-order valence-corrected chi connectivity index (χ2v) is 12.9. The first kappa shape index (κ1) is 31.7. The molecule has 7 rings (SSSR count). The maximum Gasteiger partial charge on any atom is 0.337 e. The van der Waals surface area contributed by atoms with E-state index in [0.717, 1.165) is 23.0 Å². The number of H-pyrrole nitrogens is 1. The smallest absolute Gasteiger partial charge is 0.337 e. The minimum Gasteiger partial charge on any atom is -0.507 e. The van der Waals surface area contributed by atoms with E-state index < -0.39 is 24.2 Å². The molecule has 3 aromatic carbocycles. The summed E-state index contributed by atoms with van der Waals surface area (Å²) in [7, 11) is 2.84. The van der Waals surface area contributed by atoms with Crippen LogP contribution in [0.3, 0.4) is 0 Å². The van der Waals surface area contributed by atoms with E-state index in [1.165, 1.54) is 44.2 Å². The number of carbonyl (C=O) groups is 1. The number of methoxy groups -OCH3 is 2. The van der Waals surface area contributed by atoms with E-state index in [-0.39, 0.29) is 53.0 Å². The molecule has 11 nitrogen and oxygen atoms in total. The van der Waals surface area contributed by atoms with E-state index in [2.05, 4.69) is 22.0 Å². The van der Waals surface area contributed by atoms with Crippen molar-refractivity contribution in [2.24, 2.45) is 11.8 Å². The van der Waals surface area contributed by atoms with Gasteiger partial charge in [0.1, 0.15) is 23.4 Å². The van der Waals surface area contributed by atoms with Gasteiger partial charge in [0.25, 0.3) is 0 Å². The Morgan fingerprint density at radius 1 is 1.02 bits per heavy atom. The molecule has 0 radical (unpaired) electrons. The number of fused-ring (bicyclic) bond motifs is 6. The Kier molecular flexibility index (Phi) is 8.13. The number of ether oxygens (including phenoxy) is 3. The standard InChI is InChI=1S/C37H40N2O9/c1-4-19-22(24(17-46-2)37(45)47-3)14-26-33-21(20-7-5-6-8-25(20)38-33)11-12-39(26)34(19)32-30(43)16-28(41)23-15-31(44)35(48-36(23)32)18-9-10-27(40)29(42)13-18/h5-10,13,16-17,19,22,26,31,34-35,38,40-44H,4,11-12,14-15H2,1-3H3/b24-17+/t19-,22+,26+,31-,34-,35-/m1/s1. The lowest BCUT2D eigenvalue weighted by Gasteiger charge is -2.52. The number of hydrogen-bond donors (Lipinski definition) is 6. The van der Waals surface area contributed by atoms with Crippen LogP contribution in [0, 0.1) is 11.8 Å². The van der Waals surface area contributed by atoms with Crippen LogP contribution in [0.25, 0.3) is 10.9 Å². The van der Waals surface area contributed by atoms with E-state index in [4.69, 9.17) is 14.2 Å². The first-order valence-electron chi connectivity index (χ1n) is 16.3. The highest BCUT2D eigenvalue weighted by Crippen LogP contribution is 2.59. The second-order valence-electron chi connectivity index (χ2n) is 12.9. The molecule has 4 heterocycles. The molecular formula is C37H40N2O9. The van der Waals surface area contributed by atoms with E-state index in [9.17, 15) is 30.3 Å². The van der Waals surface area contributed by atoms with Crippen molar-refractivity contribution in [3.05, 3.63) is 88.3 Å². The second kappa shape index (κ2) is 12.3. The molecule has 11 heteroatoms. The lowest BCUT2D eigenvalue weighted by atomic mass is 9.67. The third-order valence-electron chi connectivity index (χ3n) is 10.5. The molecule has 0 saturated carbocycles. The number of piperidine rings is 1. The predicted molar refractivity (Wildman–Crippen MR) is 176 cm³/mol. The molecule has 0 spiro atoms. The molecule has 6 N–H and O–H groups in total. The molecule has 3 aliphatic rings. The Morgan fingerprint density at radius 3 is 2.54 bits per heavy atom. The summed E-state index contributed by atoms with van der Waals surface area (Å²) in [4.78, 5) is 19.3. The van der Waals surface area contributed by atoms with Gasteiger partial charge in [0, 0.05) is 53.2 Å². The lowest BCUT2D eigenvalue weighted by Crippen LogP contribution is -2.49. The molecule has 0 amide bonds. The van der Waals surface area contributed by atoms with Gasteiger partial charge in [0.05, 0.1) is 43.8 Å². The van der Waals surface area contributed by atoms with Gasteiger partial charge in [-0.2, -0.15) is 0 Å². The van der Waals surface area contributed by atoms with Crippen molar-refractivity contribution in [2.75, 3.05) is 20.8 Å². The van der Waals surface area contributed by atoms with Crippen molar-refractivity contribution in [2.45, 2.75) is 56.9 Å². The Balaban J connectivity index is 1.43. The fraction of sp³-hybridized carbons (Fsp3) is 0.378. The van der Waals surface area contributed by atoms with Crippen molar-refractivity contribution in [1.29, 1.82) is 0 Å². The summed E-state index contributed by atoms with van der Waals surface area (Å²) in [6.07, 6.45) is 1.34. The maximum absolute atomic E-state index is 13.3. The number of aromatic amines is 1. The number of esters is 1. The largest absolute Gasteiger partial charge is 0.507 e. The topological polar surface area (TPSA) is 165 Å². The summed E-state index contributed by atoms with van der Waals surface area (Å²) < 4.78 is 17.2. The van der Waals surface area contributed by atoms with Gasteiger partial charge in [-0.15, -0.1) is 0 Å². The number of hydrogen-bond acceptors (Lipinski definition) is 10. The predicted octanol–water partition coefficient (Wildman–Crippen LogP) is 5.42. The molecule has 0 bridgehead atoms. The number of nitrogens with zero attached hydrogens (tertiary/aromatic N) is 1. The fourth-order valence-electron chi connectivity index (χ4n) is 8.42. The van der Waals surface area contributed by atoms with Gasteiger partial charge in [-0.3, -0.25) is 4.90 Å². The molecular weight excluding hydrogens is 616 g/mol. The van der Waals surface area contributed by atoms with Gasteiger partial charge in [0.15, 0.2) is 11.5 Å². The summed E-state index contributed by atoms with van der Waals surface area (Å²) in [5, 5.41) is 55.4. The highest BCUT2D eigenvalue weighted by Gasteiger charge is 2.51. The summed E-state index contributed by atoms with van der Waals surface area (Å²) in [5.74, 6) is -1.89.